The van der Waals surface area contributed by atoms with Crippen molar-refractivity contribution in [1.29, 1.82) is 0 Å². The second-order valence-electron chi connectivity index (χ2n) is 8.32. The Morgan fingerprint density at radius 1 is 1.26 bits per heavy atom. The van der Waals surface area contributed by atoms with Crippen LogP contribution >= 0.6 is 0 Å². The Labute approximate surface area is 161 Å². The van der Waals surface area contributed by atoms with Gasteiger partial charge < -0.3 is 14.8 Å². The molecule has 1 aliphatic heterocycles. The van der Waals surface area contributed by atoms with Gasteiger partial charge in [-0.25, -0.2) is 9.59 Å². The summed E-state index contributed by atoms with van der Waals surface area (Å²) in [6.45, 7) is 10.2. The topological polar surface area (TPSA) is 77.0 Å². The van der Waals surface area contributed by atoms with Crippen molar-refractivity contribution in [3.8, 4) is 0 Å². The zero-order chi connectivity index (χ0) is 20.2. The lowest BCUT2D eigenvalue weighted by Crippen LogP contribution is -2.43. The van der Waals surface area contributed by atoms with Gasteiger partial charge in [-0.3, -0.25) is 4.99 Å². The van der Waals surface area contributed by atoms with E-state index in [2.05, 4.69) is 26.1 Å². The van der Waals surface area contributed by atoms with Crippen molar-refractivity contribution in [1.82, 2.24) is 5.32 Å². The Kier molecular flexibility index (Phi) is 6.63. The van der Waals surface area contributed by atoms with Gasteiger partial charge in [0.2, 0.25) is 0 Å². The number of carbonyl (C=O) groups excluding carboxylic acids is 2. The van der Waals surface area contributed by atoms with Gasteiger partial charge in [0.25, 0.3) is 0 Å². The first-order valence-electron chi connectivity index (χ1n) is 9.33. The zero-order valence-electron chi connectivity index (χ0n) is 17.0. The largest absolute Gasteiger partial charge is 0.467 e. The SMILES string of the molecule is COC(=O)[C@H](CC(C)C)NC(=O)OC1CC(C(C)(C)C)=Nc2ccccc21. The Bertz CT molecular complexity index is 719. The van der Waals surface area contributed by atoms with E-state index in [1.54, 1.807) is 0 Å². The van der Waals surface area contributed by atoms with Gasteiger partial charge in [-0.1, -0.05) is 52.8 Å². The third kappa shape index (κ3) is 5.55. The summed E-state index contributed by atoms with van der Waals surface area (Å²) in [5.41, 5.74) is 2.54. The third-order valence-electron chi connectivity index (χ3n) is 4.52. The minimum Gasteiger partial charge on any atom is -0.467 e. The van der Waals surface area contributed by atoms with Crippen molar-refractivity contribution in [2.24, 2.45) is 16.3 Å². The molecule has 0 aromatic heterocycles. The number of carbonyl (C=O) groups is 2. The first-order chi connectivity index (χ1) is 12.6. The summed E-state index contributed by atoms with van der Waals surface area (Å²) in [5, 5.41) is 2.66. The highest BCUT2D eigenvalue weighted by atomic mass is 16.6. The molecule has 0 fully saturated rings. The molecule has 0 bridgehead atoms. The zero-order valence-corrected chi connectivity index (χ0v) is 17.0. The highest BCUT2D eigenvalue weighted by molar-refractivity contribution is 5.94. The van der Waals surface area contributed by atoms with Crippen LogP contribution in [0, 0.1) is 11.3 Å². The number of esters is 1. The van der Waals surface area contributed by atoms with Crippen molar-refractivity contribution in [2.45, 2.75) is 59.6 Å². The summed E-state index contributed by atoms with van der Waals surface area (Å²) in [6, 6.07) is 6.94. The number of alkyl carbamates (subject to hydrolysis) is 1. The van der Waals surface area contributed by atoms with Gasteiger partial charge in [0.05, 0.1) is 12.8 Å². The summed E-state index contributed by atoms with van der Waals surface area (Å²) in [4.78, 5) is 29.2. The highest BCUT2D eigenvalue weighted by Crippen LogP contribution is 2.39. The van der Waals surface area contributed by atoms with Crippen LogP contribution in [0.3, 0.4) is 0 Å². The number of nitrogens with one attached hydrogen (secondary N) is 1. The second kappa shape index (κ2) is 8.55. The molecule has 1 aromatic carbocycles. The van der Waals surface area contributed by atoms with E-state index in [-0.39, 0.29) is 11.3 Å². The summed E-state index contributed by atoms with van der Waals surface area (Å²) in [5.74, 6) is -0.244. The van der Waals surface area contributed by atoms with Crippen LogP contribution in [0.4, 0.5) is 10.5 Å². The molecule has 0 saturated heterocycles. The number of para-hydroxylation sites is 1. The molecule has 1 heterocycles. The normalized spacial score (nSPS) is 17.6. The van der Waals surface area contributed by atoms with Crippen molar-refractivity contribution >= 4 is 23.5 Å². The van der Waals surface area contributed by atoms with Crippen LogP contribution in [0.25, 0.3) is 0 Å². The summed E-state index contributed by atoms with van der Waals surface area (Å²) >= 11 is 0. The van der Waals surface area contributed by atoms with Crippen molar-refractivity contribution in [3.63, 3.8) is 0 Å². The molecule has 2 rings (SSSR count). The molecule has 0 radical (unpaired) electrons. The fourth-order valence-corrected chi connectivity index (χ4v) is 3.05. The van der Waals surface area contributed by atoms with E-state index in [9.17, 15) is 9.59 Å². The van der Waals surface area contributed by atoms with Crippen LogP contribution in [-0.2, 0) is 14.3 Å². The van der Waals surface area contributed by atoms with Gasteiger partial charge in [-0.05, 0) is 18.4 Å². The van der Waals surface area contributed by atoms with E-state index in [0.717, 1.165) is 17.0 Å². The molecule has 0 spiro atoms. The van der Waals surface area contributed by atoms with Crippen molar-refractivity contribution in [3.05, 3.63) is 29.8 Å². The highest BCUT2D eigenvalue weighted by Gasteiger charge is 2.32. The first kappa shape index (κ1) is 20.9. The number of amides is 1. The fourth-order valence-electron chi connectivity index (χ4n) is 3.05. The van der Waals surface area contributed by atoms with E-state index in [1.165, 1.54) is 7.11 Å². The average Bonchev–Trinajstić information content (AvgIpc) is 2.59. The molecule has 1 N–H and O–H groups in total. The predicted molar refractivity (Wildman–Crippen MR) is 105 cm³/mol. The van der Waals surface area contributed by atoms with Gasteiger partial charge in [-0.15, -0.1) is 0 Å². The van der Waals surface area contributed by atoms with Gasteiger partial charge in [0, 0.05) is 23.1 Å². The predicted octanol–water partition coefficient (Wildman–Crippen LogP) is 4.56. The summed E-state index contributed by atoms with van der Waals surface area (Å²) in [6.07, 6.45) is -0.0510. The van der Waals surface area contributed by atoms with Gasteiger partial charge in [0.1, 0.15) is 12.1 Å². The van der Waals surface area contributed by atoms with Crippen LogP contribution < -0.4 is 5.32 Å². The maximum Gasteiger partial charge on any atom is 0.408 e. The molecule has 1 amide bonds. The van der Waals surface area contributed by atoms with E-state index in [1.807, 2.05) is 38.1 Å². The van der Waals surface area contributed by atoms with Gasteiger partial charge in [0.15, 0.2) is 0 Å². The Hall–Kier alpha value is -2.37. The smallest absolute Gasteiger partial charge is 0.408 e. The summed E-state index contributed by atoms with van der Waals surface area (Å²) < 4.78 is 10.5. The lowest BCUT2D eigenvalue weighted by molar-refractivity contribution is -0.143. The van der Waals surface area contributed by atoms with E-state index in [4.69, 9.17) is 14.5 Å². The number of hydrogen-bond donors (Lipinski definition) is 1. The molecule has 27 heavy (non-hydrogen) atoms. The molecular weight excluding hydrogens is 344 g/mol. The van der Waals surface area contributed by atoms with Crippen molar-refractivity contribution < 1.29 is 19.1 Å². The van der Waals surface area contributed by atoms with Crippen LogP contribution in [-0.4, -0.2) is 30.9 Å². The average molecular weight is 374 g/mol. The molecular formula is C21H30N2O4. The molecule has 148 valence electrons. The third-order valence-corrected chi connectivity index (χ3v) is 4.52. The first-order valence-corrected chi connectivity index (χ1v) is 9.33. The number of aliphatic imine (C=N–C) groups is 1. The Morgan fingerprint density at radius 2 is 1.93 bits per heavy atom. The Morgan fingerprint density at radius 3 is 2.52 bits per heavy atom. The Balaban J connectivity index is 2.17. The van der Waals surface area contributed by atoms with Crippen molar-refractivity contribution in [2.75, 3.05) is 7.11 Å². The molecule has 1 aromatic rings. The quantitative estimate of drug-likeness (QED) is 0.766. The number of rotatable bonds is 5. The monoisotopic (exact) mass is 374 g/mol. The molecule has 0 saturated carbocycles. The van der Waals surface area contributed by atoms with E-state index < -0.39 is 24.2 Å². The standard InChI is InChI=1S/C21H30N2O4/c1-13(2)11-16(19(24)26-6)23-20(25)27-17-12-18(21(3,4)5)22-15-10-8-7-9-14(15)17/h7-10,13,16-17H,11-12H2,1-6H3,(H,23,25)/t16-,17?/m0/s1. The molecule has 2 atom stereocenters. The lowest BCUT2D eigenvalue weighted by atomic mass is 9.83. The molecule has 6 heteroatoms. The number of hydrogen-bond acceptors (Lipinski definition) is 5. The second-order valence-corrected chi connectivity index (χ2v) is 8.32. The minimum absolute atomic E-state index is 0.127. The molecule has 0 aliphatic carbocycles. The number of ether oxygens (including phenoxy) is 2. The summed E-state index contributed by atoms with van der Waals surface area (Å²) in [7, 11) is 1.31. The maximum atomic E-state index is 12.5. The number of fused-ring (bicyclic) bond motifs is 1. The van der Waals surface area contributed by atoms with Crippen LogP contribution in [0.5, 0.6) is 0 Å². The van der Waals surface area contributed by atoms with Crippen LogP contribution in [0.2, 0.25) is 0 Å². The molecule has 6 nitrogen and oxygen atoms in total. The van der Waals surface area contributed by atoms with E-state index >= 15 is 0 Å². The van der Waals surface area contributed by atoms with Gasteiger partial charge >= 0.3 is 12.1 Å². The number of nitrogens with zero attached hydrogens (tertiary/aromatic N) is 1. The van der Waals surface area contributed by atoms with Gasteiger partial charge in [-0.2, -0.15) is 0 Å². The van der Waals surface area contributed by atoms with Crippen LogP contribution in [0.1, 0.15) is 59.1 Å². The fraction of sp³-hybridized carbons (Fsp3) is 0.571. The molecule has 1 unspecified atom stereocenters. The maximum absolute atomic E-state index is 12.5. The number of methoxy groups -OCH3 is 1. The number of benzene rings is 1. The molecule has 1 aliphatic rings. The van der Waals surface area contributed by atoms with E-state index in [0.29, 0.717) is 12.8 Å². The minimum atomic E-state index is -0.725. The van der Waals surface area contributed by atoms with Crippen LogP contribution in [0.15, 0.2) is 29.3 Å². The lowest BCUT2D eigenvalue weighted by Gasteiger charge is -2.31.